The zero-order valence-corrected chi connectivity index (χ0v) is 23.4. The maximum Gasteiger partial charge on any atom is 0.345 e. The average molecular weight is 567 g/mol. The molecule has 1 saturated heterocycles. The molecular weight excluding hydrogens is 530 g/mol. The van der Waals surface area contributed by atoms with Crippen molar-refractivity contribution in [2.75, 3.05) is 51.8 Å². The summed E-state index contributed by atoms with van der Waals surface area (Å²) in [4.78, 5) is 26.4. The number of nitrogens with zero attached hydrogens (tertiary/aromatic N) is 5. The minimum Gasteiger partial charge on any atom is -0.379 e. The lowest BCUT2D eigenvalue weighted by atomic mass is 10.0. The van der Waals surface area contributed by atoms with Crippen LogP contribution in [0.15, 0.2) is 55.0 Å². The number of hydrogen-bond acceptors (Lipinski definition) is 7. The Morgan fingerprint density at radius 2 is 2.07 bits per heavy atom. The van der Waals surface area contributed by atoms with E-state index in [-0.39, 0.29) is 5.91 Å². The first-order chi connectivity index (χ1) is 19.9. The Labute approximate surface area is 238 Å². The summed E-state index contributed by atoms with van der Waals surface area (Å²) in [7, 11) is 1.85. The first-order valence-electron chi connectivity index (χ1n) is 14.0. The molecule has 0 saturated carbocycles. The Morgan fingerprint density at radius 3 is 2.80 bits per heavy atom. The van der Waals surface area contributed by atoms with Crippen molar-refractivity contribution in [1.29, 1.82) is 0 Å². The van der Waals surface area contributed by atoms with E-state index >= 15 is 0 Å². The molecule has 3 heterocycles. The van der Waals surface area contributed by atoms with Gasteiger partial charge in [-0.2, -0.15) is 8.78 Å². The van der Waals surface area contributed by atoms with Crippen LogP contribution in [0.25, 0.3) is 11.2 Å². The minimum absolute atomic E-state index is 0.00791. The number of alkyl halides is 2. The first-order valence-corrected chi connectivity index (χ1v) is 14.0. The van der Waals surface area contributed by atoms with Gasteiger partial charge < -0.3 is 19.7 Å². The van der Waals surface area contributed by atoms with E-state index in [1.807, 2.05) is 48.8 Å². The van der Waals surface area contributed by atoms with Gasteiger partial charge in [-0.05, 0) is 62.1 Å². The largest absolute Gasteiger partial charge is 0.379 e. The van der Waals surface area contributed by atoms with E-state index in [1.54, 1.807) is 29.4 Å². The number of allylic oxidation sites excluding steroid dienone is 2. The molecule has 1 atom stereocenters. The van der Waals surface area contributed by atoms with Crippen LogP contribution in [-0.2, 0) is 9.47 Å². The van der Waals surface area contributed by atoms with Crippen LogP contribution in [0, 0.1) is 6.92 Å². The fraction of sp³-hybridized carbons (Fsp3) is 0.433. The van der Waals surface area contributed by atoms with Gasteiger partial charge in [0.05, 0.1) is 31.2 Å². The Hall–Kier alpha value is -3.67. The van der Waals surface area contributed by atoms with Gasteiger partial charge in [-0.3, -0.25) is 14.1 Å². The fourth-order valence-electron chi connectivity index (χ4n) is 5.18. The molecule has 1 aliphatic carbocycles. The Morgan fingerprint density at radius 1 is 1.24 bits per heavy atom. The zero-order chi connectivity index (χ0) is 28.8. The Balaban J connectivity index is 1.20. The number of halogens is 2. The molecule has 1 aliphatic heterocycles. The van der Waals surface area contributed by atoms with E-state index in [1.165, 1.54) is 0 Å². The van der Waals surface area contributed by atoms with E-state index in [2.05, 4.69) is 24.9 Å². The number of aromatic nitrogens is 3. The van der Waals surface area contributed by atoms with Crippen LogP contribution in [0.4, 0.5) is 20.3 Å². The highest BCUT2D eigenvalue weighted by Gasteiger charge is 2.19. The highest BCUT2D eigenvalue weighted by molar-refractivity contribution is 5.96. The molecule has 218 valence electrons. The number of ether oxygens (including phenoxy) is 2. The monoisotopic (exact) mass is 566 g/mol. The maximum absolute atomic E-state index is 13.1. The second kappa shape index (κ2) is 13.3. The van der Waals surface area contributed by atoms with Crippen LogP contribution in [0.1, 0.15) is 40.9 Å². The second-order valence-electron chi connectivity index (χ2n) is 10.3. The Bertz CT molecular complexity index is 1420. The van der Waals surface area contributed by atoms with Crippen molar-refractivity contribution in [3.63, 3.8) is 0 Å². The van der Waals surface area contributed by atoms with Gasteiger partial charge in [-0.1, -0.05) is 18.2 Å². The number of anilines is 2. The zero-order valence-electron chi connectivity index (χ0n) is 23.4. The smallest absolute Gasteiger partial charge is 0.345 e. The molecule has 1 unspecified atom stereocenters. The van der Waals surface area contributed by atoms with Crippen molar-refractivity contribution in [3.05, 3.63) is 71.8 Å². The average Bonchev–Trinajstić information content (AvgIpc) is 3.41. The van der Waals surface area contributed by atoms with Crippen molar-refractivity contribution >= 4 is 28.6 Å². The van der Waals surface area contributed by atoms with Crippen LogP contribution in [0.5, 0.6) is 0 Å². The number of hydrogen-bond donors (Lipinski definition) is 1. The van der Waals surface area contributed by atoms with E-state index in [9.17, 15) is 13.6 Å². The summed E-state index contributed by atoms with van der Waals surface area (Å²) in [6.45, 7) is 4.44. The number of aryl methyl sites for hydroxylation is 1. The lowest BCUT2D eigenvalue weighted by Crippen LogP contribution is -2.37. The van der Waals surface area contributed by atoms with Crippen molar-refractivity contribution in [1.82, 2.24) is 24.2 Å². The summed E-state index contributed by atoms with van der Waals surface area (Å²) in [5.74, 6) is 0.572. The van der Waals surface area contributed by atoms with E-state index in [4.69, 9.17) is 4.74 Å². The summed E-state index contributed by atoms with van der Waals surface area (Å²) >= 11 is 0. The molecule has 0 spiro atoms. The summed E-state index contributed by atoms with van der Waals surface area (Å²) in [5.41, 5.74) is 4.65. The molecule has 0 bridgehead atoms. The van der Waals surface area contributed by atoms with Gasteiger partial charge in [0, 0.05) is 50.3 Å². The third-order valence-corrected chi connectivity index (χ3v) is 7.45. The maximum atomic E-state index is 13.1. The van der Waals surface area contributed by atoms with Gasteiger partial charge >= 0.3 is 6.61 Å². The molecule has 1 N–H and O–H groups in total. The van der Waals surface area contributed by atoms with Crippen molar-refractivity contribution in [2.45, 2.75) is 38.9 Å². The van der Waals surface area contributed by atoms with Crippen LogP contribution >= 0.6 is 0 Å². The van der Waals surface area contributed by atoms with E-state index in [0.29, 0.717) is 30.0 Å². The number of amides is 1. The van der Waals surface area contributed by atoms with Crippen LogP contribution in [-0.4, -0.2) is 89.2 Å². The van der Waals surface area contributed by atoms with E-state index < -0.39 is 12.7 Å². The summed E-state index contributed by atoms with van der Waals surface area (Å²) in [5, 5.41) is 3.33. The summed E-state index contributed by atoms with van der Waals surface area (Å²) in [6, 6.07) is 5.65. The molecular formula is C30H36F2N6O3. The quantitative estimate of drug-likeness (QED) is 0.330. The van der Waals surface area contributed by atoms with Crippen LogP contribution < -0.4 is 5.32 Å². The number of carbonyl (C=O) groups is 1. The Kier molecular flexibility index (Phi) is 9.38. The van der Waals surface area contributed by atoms with Crippen molar-refractivity contribution in [3.8, 4) is 0 Å². The number of fused-ring (bicyclic) bond motifs is 1. The number of carbonyl (C=O) groups excluding carboxylic acids is 1. The SMILES string of the molecule is Cc1cc(Nc2nccn3c(C4=CCC(OC(F)F)C=C4)cnc23)ccc1C(=O)N(C)CCCCN1CCOCC1. The number of nitrogens with one attached hydrogen (secondary N) is 1. The van der Waals surface area contributed by atoms with Gasteiger partial charge in [0.1, 0.15) is 0 Å². The lowest BCUT2D eigenvalue weighted by Gasteiger charge is -2.26. The molecule has 1 aromatic carbocycles. The standard InChI is InChI=1S/C30H36F2N6O3/c1-21-19-23(7-10-25(21)29(39)36(2)12-3-4-13-37-15-17-40-18-16-37)35-27-28-34-20-26(38(28)14-11-33-27)22-5-8-24(9-6-22)41-30(31)32/h5-8,10-11,14,19-20,24,30H,3-4,9,12-13,15-18H2,1-2H3,(H,33,35). The van der Waals surface area contributed by atoms with Gasteiger partial charge in [-0.15, -0.1) is 0 Å². The predicted octanol–water partition coefficient (Wildman–Crippen LogP) is 4.92. The third-order valence-electron chi connectivity index (χ3n) is 7.45. The van der Waals surface area contributed by atoms with Gasteiger partial charge in [-0.25, -0.2) is 9.97 Å². The molecule has 1 fully saturated rings. The highest BCUT2D eigenvalue weighted by Crippen LogP contribution is 2.27. The molecule has 41 heavy (non-hydrogen) atoms. The number of benzene rings is 1. The topological polar surface area (TPSA) is 84.2 Å². The van der Waals surface area contributed by atoms with Crippen LogP contribution in [0.3, 0.4) is 0 Å². The first kappa shape index (κ1) is 28.8. The third kappa shape index (κ3) is 7.16. The predicted molar refractivity (Wildman–Crippen MR) is 154 cm³/mol. The summed E-state index contributed by atoms with van der Waals surface area (Å²) in [6.07, 6.45) is 12.2. The minimum atomic E-state index is -2.80. The fourth-order valence-corrected chi connectivity index (χ4v) is 5.18. The molecule has 5 rings (SSSR count). The number of morpholine rings is 1. The number of imidazole rings is 1. The van der Waals surface area contributed by atoms with Gasteiger partial charge in [0.25, 0.3) is 5.91 Å². The molecule has 2 aromatic heterocycles. The summed E-state index contributed by atoms with van der Waals surface area (Å²) < 4.78 is 36.9. The van der Waals surface area contributed by atoms with Gasteiger partial charge in [0.2, 0.25) is 0 Å². The molecule has 0 radical (unpaired) electrons. The molecule has 3 aromatic rings. The van der Waals surface area contributed by atoms with Crippen LogP contribution in [0.2, 0.25) is 0 Å². The molecule has 9 nitrogen and oxygen atoms in total. The molecule has 11 heteroatoms. The van der Waals surface area contributed by atoms with Gasteiger partial charge in [0.15, 0.2) is 11.5 Å². The second-order valence-corrected chi connectivity index (χ2v) is 10.3. The highest BCUT2D eigenvalue weighted by atomic mass is 19.3. The lowest BCUT2D eigenvalue weighted by molar-refractivity contribution is -0.149. The van der Waals surface area contributed by atoms with E-state index in [0.717, 1.165) is 68.2 Å². The molecule has 1 amide bonds. The number of unbranched alkanes of at least 4 members (excludes halogenated alkanes) is 1. The normalized spacial score (nSPS) is 17.7. The molecule has 2 aliphatic rings. The van der Waals surface area contributed by atoms with Crippen molar-refractivity contribution < 1.29 is 23.0 Å². The van der Waals surface area contributed by atoms with Crippen molar-refractivity contribution in [2.24, 2.45) is 0 Å². The number of rotatable bonds is 11.